The molecule has 2 aromatic rings. The van der Waals surface area contributed by atoms with Crippen molar-refractivity contribution in [1.82, 2.24) is 14.8 Å². The zero-order valence-electron chi connectivity index (χ0n) is 14.1. The summed E-state index contributed by atoms with van der Waals surface area (Å²) in [5.41, 5.74) is 2.48. The fourth-order valence-electron chi connectivity index (χ4n) is 2.54. The second-order valence-corrected chi connectivity index (χ2v) is 5.37. The highest BCUT2D eigenvalue weighted by Crippen LogP contribution is 2.20. The predicted octanol–water partition coefficient (Wildman–Crippen LogP) is 2.09. The Labute approximate surface area is 139 Å². The summed E-state index contributed by atoms with van der Waals surface area (Å²) in [7, 11) is 1.30. The van der Waals surface area contributed by atoms with Crippen LogP contribution in [0.15, 0.2) is 6.07 Å². The Morgan fingerprint density at radius 1 is 1.42 bits per heavy atom. The fourth-order valence-corrected chi connectivity index (χ4v) is 2.54. The van der Waals surface area contributed by atoms with Gasteiger partial charge >= 0.3 is 5.97 Å². The maximum Gasteiger partial charge on any atom is 0.339 e. The van der Waals surface area contributed by atoms with Crippen molar-refractivity contribution in [3.05, 3.63) is 34.3 Å². The molecule has 0 spiro atoms. The molecule has 2 rings (SSSR count). The van der Waals surface area contributed by atoms with Crippen molar-refractivity contribution < 1.29 is 14.3 Å². The Hall–Kier alpha value is -3.08. The summed E-state index contributed by atoms with van der Waals surface area (Å²) in [6.07, 6.45) is 0.289. The van der Waals surface area contributed by atoms with Crippen LogP contribution in [-0.4, -0.2) is 33.8 Å². The number of nitrogens with one attached hydrogen (secondary N) is 2. The largest absolute Gasteiger partial charge is 0.465 e. The van der Waals surface area contributed by atoms with Crippen LogP contribution in [0.4, 0.5) is 5.82 Å². The van der Waals surface area contributed by atoms with E-state index >= 15 is 0 Å². The molecule has 0 aliphatic rings. The van der Waals surface area contributed by atoms with Gasteiger partial charge in [-0.05, 0) is 26.3 Å². The Kier molecular flexibility index (Phi) is 5.04. The molecular formula is C16H19N5O3. The van der Waals surface area contributed by atoms with Gasteiger partial charge in [0.2, 0.25) is 0 Å². The lowest BCUT2D eigenvalue weighted by Gasteiger charge is -2.07. The van der Waals surface area contributed by atoms with Crippen LogP contribution in [0.3, 0.4) is 0 Å². The number of carbonyl (C=O) groups excluding carboxylic acids is 2. The molecule has 1 amide bonds. The molecular weight excluding hydrogens is 310 g/mol. The van der Waals surface area contributed by atoms with Gasteiger partial charge in [-0.15, -0.1) is 0 Å². The molecule has 0 aliphatic carbocycles. The minimum atomic E-state index is -0.491. The van der Waals surface area contributed by atoms with Gasteiger partial charge in [0.1, 0.15) is 11.5 Å². The third-order valence-electron chi connectivity index (χ3n) is 3.63. The average molecular weight is 329 g/mol. The molecule has 0 saturated carbocycles. The van der Waals surface area contributed by atoms with Crippen molar-refractivity contribution in [1.29, 1.82) is 5.26 Å². The molecule has 0 radical (unpaired) electrons. The van der Waals surface area contributed by atoms with E-state index < -0.39 is 5.97 Å². The van der Waals surface area contributed by atoms with Crippen LogP contribution < -0.4 is 5.32 Å². The minimum absolute atomic E-state index is 0.289. The molecule has 0 fully saturated rings. The summed E-state index contributed by atoms with van der Waals surface area (Å²) in [6.45, 7) is 5.58. The fraction of sp³-hybridized carbons (Fsp3) is 0.375. The van der Waals surface area contributed by atoms with E-state index in [-0.39, 0.29) is 12.3 Å². The second-order valence-electron chi connectivity index (χ2n) is 5.37. The van der Waals surface area contributed by atoms with Gasteiger partial charge in [-0.25, -0.2) is 9.48 Å². The average Bonchev–Trinajstić information content (AvgIpc) is 3.03. The number of aromatic nitrogens is 3. The number of carbonyl (C=O) groups is 2. The molecule has 0 aliphatic heterocycles. The van der Waals surface area contributed by atoms with Crippen LogP contribution in [0.5, 0.6) is 0 Å². The lowest BCUT2D eigenvalue weighted by Crippen LogP contribution is -2.17. The van der Waals surface area contributed by atoms with Gasteiger partial charge in [0.15, 0.2) is 0 Å². The number of amides is 1. The molecule has 8 heteroatoms. The van der Waals surface area contributed by atoms with E-state index in [1.165, 1.54) is 7.11 Å². The number of hydrogen-bond donors (Lipinski definition) is 2. The number of nitrogens with zero attached hydrogens (tertiary/aromatic N) is 3. The number of esters is 1. The Morgan fingerprint density at radius 2 is 2.12 bits per heavy atom. The first-order valence-corrected chi connectivity index (χ1v) is 7.39. The lowest BCUT2D eigenvalue weighted by molar-refractivity contribution is 0.0599. The Balaban J connectivity index is 2.29. The standard InChI is InChI=1S/C16H19N5O3/c1-9-8-12(21(20-9)7-5-6-17)19-15(22)14-10(2)13(11(3)18-14)16(23)24-4/h8,18H,5,7H2,1-4H3,(H,19,22). The summed E-state index contributed by atoms with van der Waals surface area (Å²) in [4.78, 5) is 27.3. The topological polar surface area (TPSA) is 113 Å². The van der Waals surface area contributed by atoms with E-state index in [0.717, 1.165) is 5.69 Å². The van der Waals surface area contributed by atoms with Gasteiger partial charge < -0.3 is 15.0 Å². The van der Waals surface area contributed by atoms with Crippen LogP contribution >= 0.6 is 0 Å². The quantitative estimate of drug-likeness (QED) is 0.816. The first-order chi connectivity index (χ1) is 11.4. The number of methoxy groups -OCH3 is 1. The maximum atomic E-state index is 12.5. The molecule has 126 valence electrons. The summed E-state index contributed by atoms with van der Waals surface area (Å²) in [6, 6.07) is 3.77. The molecule has 0 unspecified atom stereocenters. The van der Waals surface area contributed by atoms with Crippen LogP contribution in [0.25, 0.3) is 0 Å². The van der Waals surface area contributed by atoms with Crippen molar-refractivity contribution in [2.75, 3.05) is 12.4 Å². The smallest absolute Gasteiger partial charge is 0.339 e. The van der Waals surface area contributed by atoms with Crippen molar-refractivity contribution in [2.24, 2.45) is 0 Å². The van der Waals surface area contributed by atoms with Crippen LogP contribution in [-0.2, 0) is 11.3 Å². The maximum absolute atomic E-state index is 12.5. The number of anilines is 1. The highest BCUT2D eigenvalue weighted by Gasteiger charge is 2.23. The Morgan fingerprint density at radius 3 is 2.75 bits per heavy atom. The highest BCUT2D eigenvalue weighted by molar-refractivity contribution is 6.06. The van der Waals surface area contributed by atoms with E-state index in [0.29, 0.717) is 34.9 Å². The Bertz CT molecular complexity index is 826. The number of rotatable bonds is 5. The number of hydrogen-bond acceptors (Lipinski definition) is 5. The van der Waals surface area contributed by atoms with Crippen molar-refractivity contribution in [3.8, 4) is 6.07 Å². The molecule has 0 atom stereocenters. The van der Waals surface area contributed by atoms with Crippen molar-refractivity contribution >= 4 is 17.7 Å². The molecule has 0 saturated heterocycles. The van der Waals surface area contributed by atoms with Gasteiger partial charge in [-0.2, -0.15) is 10.4 Å². The van der Waals surface area contributed by atoms with E-state index in [1.807, 2.05) is 6.07 Å². The zero-order valence-corrected chi connectivity index (χ0v) is 14.1. The first-order valence-electron chi connectivity index (χ1n) is 7.39. The molecule has 2 aromatic heterocycles. The number of H-pyrrole nitrogens is 1. The highest BCUT2D eigenvalue weighted by atomic mass is 16.5. The summed E-state index contributed by atoms with van der Waals surface area (Å²) in [5, 5.41) is 15.7. The van der Waals surface area contributed by atoms with E-state index in [2.05, 4.69) is 15.4 Å². The van der Waals surface area contributed by atoms with Crippen LogP contribution in [0, 0.1) is 32.1 Å². The van der Waals surface area contributed by atoms with E-state index in [4.69, 9.17) is 10.00 Å². The molecule has 24 heavy (non-hydrogen) atoms. The van der Waals surface area contributed by atoms with Gasteiger partial charge in [-0.1, -0.05) is 0 Å². The zero-order chi connectivity index (χ0) is 17.9. The summed E-state index contributed by atoms with van der Waals surface area (Å²) >= 11 is 0. The number of ether oxygens (including phenoxy) is 1. The third-order valence-corrected chi connectivity index (χ3v) is 3.63. The van der Waals surface area contributed by atoms with Crippen LogP contribution in [0.1, 0.15) is 44.2 Å². The molecule has 2 heterocycles. The summed E-state index contributed by atoms with van der Waals surface area (Å²) in [5.74, 6) is -0.377. The van der Waals surface area contributed by atoms with Crippen LogP contribution in [0.2, 0.25) is 0 Å². The van der Waals surface area contributed by atoms with Gasteiger partial charge in [0.05, 0.1) is 37.4 Å². The van der Waals surface area contributed by atoms with E-state index in [1.54, 1.807) is 31.5 Å². The van der Waals surface area contributed by atoms with E-state index in [9.17, 15) is 9.59 Å². The summed E-state index contributed by atoms with van der Waals surface area (Å²) < 4.78 is 6.31. The normalized spacial score (nSPS) is 10.3. The number of aromatic amines is 1. The van der Waals surface area contributed by atoms with Gasteiger partial charge in [0, 0.05) is 11.8 Å². The minimum Gasteiger partial charge on any atom is -0.465 e. The van der Waals surface area contributed by atoms with Gasteiger partial charge in [0.25, 0.3) is 5.91 Å². The molecule has 2 N–H and O–H groups in total. The predicted molar refractivity (Wildman–Crippen MR) is 86.8 cm³/mol. The molecule has 0 bridgehead atoms. The number of aryl methyl sites for hydroxylation is 3. The van der Waals surface area contributed by atoms with Crippen molar-refractivity contribution in [2.45, 2.75) is 33.7 Å². The molecule has 8 nitrogen and oxygen atoms in total. The molecule has 0 aromatic carbocycles. The van der Waals surface area contributed by atoms with Gasteiger partial charge in [-0.3, -0.25) is 4.79 Å². The third kappa shape index (κ3) is 3.30. The number of nitriles is 1. The lowest BCUT2D eigenvalue weighted by atomic mass is 10.1. The van der Waals surface area contributed by atoms with Crippen molar-refractivity contribution in [3.63, 3.8) is 0 Å². The monoisotopic (exact) mass is 329 g/mol. The second kappa shape index (κ2) is 7.00. The SMILES string of the molecule is COC(=O)c1c(C)[nH]c(C(=O)Nc2cc(C)nn2CCC#N)c1C. The first kappa shape index (κ1) is 17.3.